The number of benzene rings is 7. The molecule has 2 atom stereocenters. The highest BCUT2D eigenvalue weighted by molar-refractivity contribution is 6.10. The van der Waals surface area contributed by atoms with Gasteiger partial charge in [0.2, 0.25) is 0 Å². The Morgan fingerprint density at radius 2 is 1.39 bits per heavy atom. The number of ether oxygens (including phenoxy) is 3. The Morgan fingerprint density at radius 3 is 2.10 bits per heavy atom. The third-order valence-electron chi connectivity index (χ3n) is 15.3. The van der Waals surface area contributed by atoms with Crippen LogP contribution in [-0.4, -0.2) is 64.1 Å². The second kappa shape index (κ2) is 19.8. The number of piperazine rings is 1. The Kier molecular flexibility index (Phi) is 12.8. The Labute approximate surface area is 412 Å². The number of hydrogen-bond donors (Lipinski definition) is 1. The number of aliphatic hydroxyl groups is 1. The summed E-state index contributed by atoms with van der Waals surface area (Å²) in [5.41, 5.74) is 12.3. The zero-order valence-corrected chi connectivity index (χ0v) is 40.5. The quantitative estimate of drug-likeness (QED) is 0.0619. The molecule has 356 valence electrons. The van der Waals surface area contributed by atoms with E-state index in [0.717, 1.165) is 96.0 Å². The molecule has 8 nitrogen and oxygen atoms in total. The number of rotatable bonds is 15. The number of carbonyl (C=O) groups excluding carboxylic acids is 1. The van der Waals surface area contributed by atoms with Crippen LogP contribution in [-0.2, 0) is 12.0 Å². The largest absolute Gasteiger partial charge is 0.495 e. The van der Waals surface area contributed by atoms with E-state index in [9.17, 15) is 9.90 Å². The molecule has 0 spiro atoms. The summed E-state index contributed by atoms with van der Waals surface area (Å²) in [6, 6.07) is 48.6. The maximum absolute atomic E-state index is 13.1. The molecule has 7 aromatic carbocycles. The van der Waals surface area contributed by atoms with Crippen LogP contribution in [0.3, 0.4) is 0 Å². The molecule has 1 aliphatic carbocycles. The molecular formula is C62H63N3O5. The van der Waals surface area contributed by atoms with Gasteiger partial charge in [0.25, 0.3) is 0 Å². The van der Waals surface area contributed by atoms with Crippen LogP contribution in [0.15, 0.2) is 146 Å². The number of nitrogens with zero attached hydrogens (tertiary/aromatic N) is 3. The van der Waals surface area contributed by atoms with E-state index in [-0.39, 0.29) is 18.5 Å². The summed E-state index contributed by atoms with van der Waals surface area (Å²) in [6.07, 6.45) is 13.5. The van der Waals surface area contributed by atoms with E-state index in [4.69, 9.17) is 14.2 Å². The molecule has 8 heteroatoms. The molecule has 1 N–H and O–H groups in total. The maximum Gasteiger partial charge on any atom is 0.343 e. The minimum atomic E-state index is -0.890. The summed E-state index contributed by atoms with van der Waals surface area (Å²) in [5.74, 6) is 1.82. The van der Waals surface area contributed by atoms with E-state index < -0.39 is 5.60 Å². The van der Waals surface area contributed by atoms with Crippen LogP contribution in [0.2, 0.25) is 0 Å². The minimum absolute atomic E-state index is 0.00651. The number of methoxy groups -OCH3 is 1. The molecule has 0 radical (unpaired) electrons. The molecular weight excluding hydrogens is 867 g/mol. The van der Waals surface area contributed by atoms with Crippen molar-refractivity contribution in [3.8, 4) is 28.4 Å². The van der Waals surface area contributed by atoms with Crippen LogP contribution >= 0.6 is 0 Å². The summed E-state index contributed by atoms with van der Waals surface area (Å²) < 4.78 is 19.8. The molecule has 0 bridgehead atoms. The zero-order valence-electron chi connectivity index (χ0n) is 40.5. The minimum Gasteiger partial charge on any atom is -0.495 e. The smallest absolute Gasteiger partial charge is 0.343 e. The standard InChI is InChI=1S/C62H63N3O5/c1-3-4-5-7-14-43-19-21-44(22-20-43)61(67)69-49-29-27-48(28-30-49)64-36-38-65(39-37-64)56-41-54-55(42-57(56)68-2)60-53(58-52(32-40-66)50-17-10-11-18-51(50)59(54)58)31-33-62(70-60,45-15-8-6-9-16-45)46-23-25-47(26-24-46)63-34-12-13-35-63/h6,8-11,15-31,33,41-42,52,66H,3-5,7,12-14,32,34-40H2,1-2H3. The average molecular weight is 930 g/mol. The lowest BCUT2D eigenvalue weighted by Crippen LogP contribution is -2.46. The Balaban J connectivity index is 0.898. The van der Waals surface area contributed by atoms with E-state index in [1.807, 2.05) is 48.5 Å². The number of aryl methyl sites for hydroxylation is 1. The van der Waals surface area contributed by atoms with Crippen molar-refractivity contribution < 1.29 is 24.1 Å². The van der Waals surface area contributed by atoms with Crippen LogP contribution in [0.1, 0.15) is 102 Å². The predicted molar refractivity (Wildman–Crippen MR) is 284 cm³/mol. The molecule has 2 unspecified atom stereocenters. The van der Waals surface area contributed by atoms with Crippen LogP contribution in [0.4, 0.5) is 17.1 Å². The number of unbranched alkanes of at least 4 members (excludes halogenated alkanes) is 3. The van der Waals surface area contributed by atoms with Crippen LogP contribution in [0, 0.1) is 0 Å². The van der Waals surface area contributed by atoms with E-state index in [1.54, 1.807) is 7.11 Å². The first-order chi connectivity index (χ1) is 34.5. The normalized spacial score (nSPS) is 18.1. The fourth-order valence-electron chi connectivity index (χ4n) is 11.6. The van der Waals surface area contributed by atoms with E-state index in [0.29, 0.717) is 17.7 Å². The average Bonchev–Trinajstić information content (AvgIpc) is 4.08. The molecule has 0 aromatic heterocycles. The number of fused-ring (bicyclic) bond motifs is 8. The van der Waals surface area contributed by atoms with Gasteiger partial charge in [-0.1, -0.05) is 111 Å². The third kappa shape index (κ3) is 8.46. The van der Waals surface area contributed by atoms with Crippen molar-refractivity contribution in [2.24, 2.45) is 0 Å². The fourth-order valence-corrected chi connectivity index (χ4v) is 11.6. The van der Waals surface area contributed by atoms with Crippen molar-refractivity contribution in [2.75, 3.05) is 67.7 Å². The monoisotopic (exact) mass is 929 g/mol. The molecule has 0 amide bonds. The van der Waals surface area contributed by atoms with Crippen molar-refractivity contribution in [1.29, 1.82) is 0 Å². The highest BCUT2D eigenvalue weighted by atomic mass is 16.5. The number of carbonyl (C=O) groups is 1. The lowest BCUT2D eigenvalue weighted by atomic mass is 9.80. The molecule has 2 saturated heterocycles. The van der Waals surface area contributed by atoms with Gasteiger partial charge in [-0.2, -0.15) is 0 Å². The molecule has 11 rings (SSSR count). The van der Waals surface area contributed by atoms with Gasteiger partial charge in [0.15, 0.2) is 5.60 Å². The van der Waals surface area contributed by atoms with Crippen molar-refractivity contribution in [3.63, 3.8) is 0 Å². The molecule has 2 fully saturated rings. The second-order valence-electron chi connectivity index (χ2n) is 19.4. The van der Waals surface area contributed by atoms with Crippen LogP contribution in [0.25, 0.3) is 28.0 Å². The van der Waals surface area contributed by atoms with Gasteiger partial charge in [-0.15, -0.1) is 0 Å². The Morgan fingerprint density at radius 1 is 0.714 bits per heavy atom. The maximum atomic E-state index is 13.1. The van der Waals surface area contributed by atoms with Gasteiger partial charge in [-0.25, -0.2) is 4.79 Å². The van der Waals surface area contributed by atoms with Gasteiger partial charge in [-0.05, 0) is 132 Å². The summed E-state index contributed by atoms with van der Waals surface area (Å²) in [7, 11) is 1.77. The van der Waals surface area contributed by atoms with Gasteiger partial charge in [0.1, 0.15) is 17.2 Å². The molecule has 3 heterocycles. The summed E-state index contributed by atoms with van der Waals surface area (Å²) in [5, 5.41) is 12.7. The summed E-state index contributed by atoms with van der Waals surface area (Å²) in [6.45, 7) is 7.66. The Bertz CT molecular complexity index is 3010. The topological polar surface area (TPSA) is 74.7 Å². The lowest BCUT2D eigenvalue weighted by Gasteiger charge is -2.39. The van der Waals surface area contributed by atoms with Crippen molar-refractivity contribution in [3.05, 3.63) is 185 Å². The molecule has 4 aliphatic rings. The van der Waals surface area contributed by atoms with Crippen molar-refractivity contribution in [2.45, 2.75) is 69.8 Å². The number of esters is 1. The van der Waals surface area contributed by atoms with Gasteiger partial charge in [0, 0.05) is 85.2 Å². The lowest BCUT2D eigenvalue weighted by molar-refractivity contribution is 0.0734. The van der Waals surface area contributed by atoms with Gasteiger partial charge < -0.3 is 34.0 Å². The first-order valence-electron chi connectivity index (χ1n) is 25.6. The fraction of sp³-hybridized carbons (Fsp3) is 0.306. The first kappa shape index (κ1) is 45.4. The number of anilines is 3. The first-order valence-corrected chi connectivity index (χ1v) is 25.6. The van der Waals surface area contributed by atoms with Gasteiger partial charge in [-0.3, -0.25) is 0 Å². The van der Waals surface area contributed by atoms with E-state index >= 15 is 0 Å². The van der Waals surface area contributed by atoms with Gasteiger partial charge >= 0.3 is 5.97 Å². The SMILES string of the molecule is CCCCCCc1ccc(C(=O)Oc2ccc(N3CCN(c4cc5c6c(c7c(c5cc4OC)OC(c4ccccc4)(c4ccc(N5CCCC5)cc4)C=C7)C(CCO)c4ccccc4-6)CC3)cc2)cc1. The third-order valence-corrected chi connectivity index (χ3v) is 15.3. The van der Waals surface area contributed by atoms with E-state index in [1.165, 1.54) is 72.0 Å². The molecule has 0 saturated carbocycles. The molecule has 7 aromatic rings. The van der Waals surface area contributed by atoms with Gasteiger partial charge in [0.05, 0.1) is 18.4 Å². The zero-order chi connectivity index (χ0) is 47.6. The number of aliphatic hydroxyl groups excluding tert-OH is 1. The summed E-state index contributed by atoms with van der Waals surface area (Å²) in [4.78, 5) is 20.4. The van der Waals surface area contributed by atoms with Crippen molar-refractivity contribution >= 4 is 39.9 Å². The van der Waals surface area contributed by atoms with E-state index in [2.05, 4.69) is 125 Å². The molecule has 3 aliphatic heterocycles. The second-order valence-corrected chi connectivity index (χ2v) is 19.4. The highest BCUT2D eigenvalue weighted by Crippen LogP contribution is 2.58. The summed E-state index contributed by atoms with van der Waals surface area (Å²) >= 11 is 0. The molecule has 70 heavy (non-hydrogen) atoms. The number of hydrogen-bond acceptors (Lipinski definition) is 8. The van der Waals surface area contributed by atoms with Crippen molar-refractivity contribution in [1.82, 2.24) is 0 Å². The predicted octanol–water partition coefficient (Wildman–Crippen LogP) is 13.0. The van der Waals surface area contributed by atoms with Crippen LogP contribution in [0.5, 0.6) is 17.2 Å². The highest BCUT2D eigenvalue weighted by Gasteiger charge is 2.42. The van der Waals surface area contributed by atoms with Crippen LogP contribution < -0.4 is 28.9 Å². The Hall–Kier alpha value is -7.03.